The highest BCUT2D eigenvalue weighted by Crippen LogP contribution is 2.33. The van der Waals surface area contributed by atoms with E-state index in [-0.39, 0.29) is 24.8 Å². The van der Waals surface area contributed by atoms with Gasteiger partial charge in [0.15, 0.2) is 0 Å². The molecular formula is C69H86Cl2N8O8. The number of nitrogens with one attached hydrogen (secondary N) is 2. The van der Waals surface area contributed by atoms with Gasteiger partial charge in [-0.15, -0.1) is 9.13 Å². The Morgan fingerprint density at radius 3 is 1.00 bits per heavy atom. The molecule has 0 aliphatic rings. The molecule has 0 aliphatic heterocycles. The first kappa shape index (κ1) is 68.3. The number of aryl methyl sites for hydroxylation is 4. The number of carbonyl (C=O) groups excluding carboxylic acids is 4. The number of unbranched alkanes of at least 4 members (excludes halogenated alkanes) is 6. The van der Waals surface area contributed by atoms with Crippen LogP contribution in [-0.2, 0) is 18.9 Å². The van der Waals surface area contributed by atoms with E-state index in [4.69, 9.17) is 28.9 Å². The standard InChI is InChI=1S/C69H84N8O8.2ClH/c1-44-36-52-58(40-50(44)72-62(78)82-66(5,6)7)76(48-30-24-22-25-31-48)60-42-56(46(3)38-54(60)70-52)74(64(80)84-68(11,12)13)34-28-20-18-17-19-21-29-35-75(65(81)85-69(14,15)16)57-43-61-55(39-47(57)4)71-53-37-45(2)51(73-63(79)83-67(8,9)10)41-59(53)77(61)49-32-26-23-27-33-49;;/h22-27,30-33,36-43H,17-21,28-29,34-35H2,1-16H3;2*1H. The van der Waals surface area contributed by atoms with Crippen LogP contribution in [0.1, 0.15) is 150 Å². The molecule has 18 heteroatoms. The summed E-state index contributed by atoms with van der Waals surface area (Å²) in [6.45, 7) is 31.0. The van der Waals surface area contributed by atoms with Crippen molar-refractivity contribution in [3.05, 3.63) is 131 Å². The predicted molar refractivity (Wildman–Crippen MR) is 340 cm³/mol. The van der Waals surface area contributed by atoms with Gasteiger partial charge in [-0.1, -0.05) is 68.5 Å². The van der Waals surface area contributed by atoms with Crippen LogP contribution in [0.2, 0.25) is 0 Å². The summed E-state index contributed by atoms with van der Waals surface area (Å²) in [4.78, 5) is 68.5. The maximum Gasteiger partial charge on any atom is 0.414 e. The zero-order chi connectivity index (χ0) is 61.8. The van der Waals surface area contributed by atoms with E-state index < -0.39 is 46.8 Å². The molecule has 0 saturated heterocycles. The lowest BCUT2D eigenvalue weighted by atomic mass is 10.1. The highest BCUT2D eigenvalue weighted by Gasteiger charge is 2.31. The van der Waals surface area contributed by atoms with Crippen molar-refractivity contribution in [1.82, 2.24) is 9.97 Å². The summed E-state index contributed by atoms with van der Waals surface area (Å²) >= 11 is 0. The minimum Gasteiger partial charge on any atom is -1.00 e. The summed E-state index contributed by atoms with van der Waals surface area (Å²) in [5.41, 5.74) is 11.1. The van der Waals surface area contributed by atoms with Crippen molar-refractivity contribution in [2.24, 2.45) is 0 Å². The molecule has 0 unspecified atom stereocenters. The Balaban J connectivity index is 0.00000605. The fourth-order valence-electron chi connectivity index (χ4n) is 10.4. The Morgan fingerprint density at radius 2 is 0.690 bits per heavy atom. The van der Waals surface area contributed by atoms with Crippen LogP contribution in [0.5, 0.6) is 0 Å². The molecule has 8 aromatic rings. The lowest BCUT2D eigenvalue weighted by molar-refractivity contribution is -0.538. The Kier molecular flexibility index (Phi) is 21.9. The van der Waals surface area contributed by atoms with Crippen molar-refractivity contribution in [1.29, 1.82) is 0 Å². The summed E-state index contributed by atoms with van der Waals surface area (Å²) in [5, 5.41) is 5.90. The van der Waals surface area contributed by atoms with Crippen molar-refractivity contribution < 1.29 is 72.1 Å². The monoisotopic (exact) mass is 1220 g/mol. The van der Waals surface area contributed by atoms with Crippen LogP contribution >= 0.6 is 0 Å². The number of hydrogen-bond donors (Lipinski definition) is 2. The predicted octanol–water partition coefficient (Wildman–Crippen LogP) is 10.5. The van der Waals surface area contributed by atoms with Gasteiger partial charge in [0.2, 0.25) is 33.4 Å². The number of carbonyl (C=O) groups is 4. The smallest absolute Gasteiger partial charge is 0.414 e. The number of para-hydroxylation sites is 2. The molecule has 0 atom stereocenters. The normalized spacial score (nSPS) is 11.9. The number of benzene rings is 6. The van der Waals surface area contributed by atoms with E-state index in [1.165, 1.54) is 0 Å². The number of hydrogen-bond acceptors (Lipinski definition) is 10. The third kappa shape index (κ3) is 17.7. The molecule has 6 aromatic carbocycles. The van der Waals surface area contributed by atoms with E-state index in [1.54, 1.807) is 9.80 Å². The van der Waals surface area contributed by atoms with Crippen LogP contribution in [0.4, 0.5) is 41.9 Å². The van der Waals surface area contributed by atoms with Gasteiger partial charge in [-0.2, -0.15) is 0 Å². The van der Waals surface area contributed by atoms with Crippen LogP contribution in [-0.4, -0.2) is 69.8 Å². The van der Waals surface area contributed by atoms with E-state index in [1.807, 2.05) is 220 Å². The molecule has 0 spiro atoms. The van der Waals surface area contributed by atoms with Gasteiger partial charge in [0.05, 0.1) is 22.7 Å². The summed E-state index contributed by atoms with van der Waals surface area (Å²) in [5.74, 6) is 0. The van der Waals surface area contributed by atoms with Gasteiger partial charge >= 0.3 is 24.4 Å². The fourth-order valence-corrected chi connectivity index (χ4v) is 10.4. The van der Waals surface area contributed by atoms with Crippen LogP contribution < -0.4 is 54.4 Å². The van der Waals surface area contributed by atoms with Gasteiger partial charge in [-0.05, 0) is 170 Å². The van der Waals surface area contributed by atoms with E-state index in [2.05, 4.69) is 19.8 Å². The molecule has 0 saturated carbocycles. The summed E-state index contributed by atoms with van der Waals surface area (Å²) in [7, 11) is 0. The summed E-state index contributed by atoms with van der Waals surface area (Å²) in [6, 6.07) is 35.9. The number of ether oxygens (including phenoxy) is 4. The van der Waals surface area contributed by atoms with E-state index >= 15 is 0 Å². The Bertz CT molecular complexity index is 3550. The summed E-state index contributed by atoms with van der Waals surface area (Å²) in [6.07, 6.45) is 4.18. The van der Waals surface area contributed by atoms with Crippen LogP contribution in [0.25, 0.3) is 55.5 Å². The first-order valence-corrected chi connectivity index (χ1v) is 29.7. The van der Waals surface area contributed by atoms with E-state index in [0.29, 0.717) is 24.5 Å². The van der Waals surface area contributed by atoms with Crippen molar-refractivity contribution in [2.75, 3.05) is 33.5 Å². The molecule has 87 heavy (non-hydrogen) atoms. The second-order valence-electron chi connectivity index (χ2n) is 26.1. The van der Waals surface area contributed by atoms with Crippen molar-refractivity contribution in [3.63, 3.8) is 0 Å². The second-order valence-corrected chi connectivity index (χ2v) is 26.1. The molecule has 4 amide bonds. The third-order valence-electron chi connectivity index (χ3n) is 14.0. The Morgan fingerprint density at radius 1 is 0.402 bits per heavy atom. The average molecular weight is 1230 g/mol. The zero-order valence-corrected chi connectivity index (χ0v) is 55.0. The quantitative estimate of drug-likeness (QED) is 0.0411. The number of rotatable bonds is 16. The molecule has 2 aromatic heterocycles. The zero-order valence-electron chi connectivity index (χ0n) is 53.5. The highest BCUT2D eigenvalue weighted by molar-refractivity contribution is 5.97. The highest BCUT2D eigenvalue weighted by atomic mass is 35.5. The number of anilines is 4. The first-order chi connectivity index (χ1) is 39.9. The number of fused-ring (bicyclic) bond motifs is 4. The van der Waals surface area contributed by atoms with Gasteiger partial charge < -0.3 is 43.8 Å². The topological polar surface area (TPSA) is 169 Å². The lowest BCUT2D eigenvalue weighted by Crippen LogP contribution is -3.00. The van der Waals surface area contributed by atoms with Crippen molar-refractivity contribution >= 4 is 91.3 Å². The third-order valence-corrected chi connectivity index (χ3v) is 14.0. The molecule has 2 N–H and O–H groups in total. The molecule has 0 bridgehead atoms. The van der Waals surface area contributed by atoms with Gasteiger partial charge in [0.25, 0.3) is 0 Å². The Labute approximate surface area is 525 Å². The van der Waals surface area contributed by atoms with Gasteiger partial charge in [-0.3, -0.25) is 20.4 Å². The molecule has 0 fully saturated rings. The molecule has 0 radical (unpaired) electrons. The molecule has 2 heterocycles. The van der Waals surface area contributed by atoms with Crippen molar-refractivity contribution in [3.8, 4) is 11.4 Å². The molecule has 8 rings (SSSR count). The average Bonchev–Trinajstić information content (AvgIpc) is 0.766. The van der Waals surface area contributed by atoms with Crippen LogP contribution in [0.3, 0.4) is 0 Å². The molecule has 16 nitrogen and oxygen atoms in total. The van der Waals surface area contributed by atoms with Gasteiger partial charge in [-0.25, -0.2) is 29.1 Å². The minimum atomic E-state index is -0.729. The molecule has 464 valence electrons. The first-order valence-electron chi connectivity index (χ1n) is 29.7. The maximum atomic E-state index is 14.3. The molecular weight excluding hydrogens is 1140 g/mol. The maximum absolute atomic E-state index is 14.3. The SMILES string of the molecule is Cc1cc2nc3cc(C)c(N(CCCCCCCCCN(C(=O)OC(C)(C)C)c4cc5c(cc4C)nc4cc(C)c(NC(=O)OC(C)(C)C)cc4[n+]5-c4ccccc4)C(=O)OC(C)(C)C)cc3[n+](-c3ccccc3)c2cc1NC(=O)OC(C)(C)C.[Cl-].[Cl-]. The van der Waals surface area contributed by atoms with Crippen molar-refractivity contribution in [2.45, 2.75) is 178 Å². The largest absolute Gasteiger partial charge is 1.00 e. The summed E-state index contributed by atoms with van der Waals surface area (Å²) < 4.78 is 27.6. The fraction of sp³-hybridized carbons (Fsp3) is 0.420. The molecule has 0 aliphatic carbocycles. The Hall–Kier alpha value is -7.82. The second kappa shape index (κ2) is 27.9. The van der Waals surface area contributed by atoms with E-state index in [9.17, 15) is 19.2 Å². The minimum absolute atomic E-state index is 0. The number of aromatic nitrogens is 4. The number of halogens is 2. The number of nitrogens with zero attached hydrogens (tertiary/aromatic N) is 6. The van der Waals surface area contributed by atoms with Gasteiger partial charge in [0, 0.05) is 61.6 Å². The van der Waals surface area contributed by atoms with E-state index in [0.717, 1.165) is 134 Å². The van der Waals surface area contributed by atoms with Crippen LogP contribution in [0, 0.1) is 27.7 Å². The number of amides is 4. The lowest BCUT2D eigenvalue weighted by Gasteiger charge is -2.28. The van der Waals surface area contributed by atoms with Crippen LogP contribution in [0.15, 0.2) is 109 Å². The van der Waals surface area contributed by atoms with Gasteiger partial charge in [0.1, 0.15) is 44.5 Å².